The lowest BCUT2D eigenvalue weighted by atomic mass is 9.98. The van der Waals surface area contributed by atoms with Crippen molar-refractivity contribution in [3.8, 4) is 28.4 Å². The summed E-state index contributed by atoms with van der Waals surface area (Å²) in [6.07, 6.45) is -0.874. The summed E-state index contributed by atoms with van der Waals surface area (Å²) in [7, 11) is -3.21. The van der Waals surface area contributed by atoms with Crippen molar-refractivity contribution in [1.29, 1.82) is 0 Å². The van der Waals surface area contributed by atoms with E-state index in [2.05, 4.69) is 5.32 Å². The van der Waals surface area contributed by atoms with Gasteiger partial charge < -0.3 is 30.0 Å². The molecule has 0 spiro atoms. The van der Waals surface area contributed by atoms with E-state index >= 15 is 0 Å². The summed E-state index contributed by atoms with van der Waals surface area (Å²) < 4.78 is 50.2. The normalized spacial score (nSPS) is 14.3. The third kappa shape index (κ3) is 6.84. The van der Waals surface area contributed by atoms with Gasteiger partial charge in [0.05, 0.1) is 18.0 Å². The average molecular weight is 703 g/mol. The standard InChI is InChI=1S/C35H34N4O10S/c1-46-22-11-13-23(14-12-22)50(44,45)39(18-21-10-15-30-31(16-21)49-20-48-30)32(34(41)38-43)33(40)29(36)17-37-35(42)47-19-28-26-8-4-2-6-24(26)25-7-3-5-9-27(25)28/h2-16,28-29,32,43H,17-20,36H2,1H3,(H,37,42)(H,38,41)/t29?,32-/m1/s1. The number of ketones is 1. The van der Waals surface area contributed by atoms with Crippen LogP contribution in [0.2, 0.25) is 0 Å². The number of rotatable bonds is 13. The molecule has 0 aromatic heterocycles. The largest absolute Gasteiger partial charge is 0.497 e. The van der Waals surface area contributed by atoms with Gasteiger partial charge in [-0.1, -0.05) is 54.6 Å². The van der Waals surface area contributed by atoms with Gasteiger partial charge in [0, 0.05) is 19.0 Å². The zero-order valence-electron chi connectivity index (χ0n) is 26.8. The first-order chi connectivity index (χ1) is 24.1. The molecule has 6 rings (SSSR count). The monoisotopic (exact) mass is 702 g/mol. The van der Waals surface area contributed by atoms with E-state index in [1.165, 1.54) is 42.9 Å². The molecule has 15 heteroatoms. The van der Waals surface area contributed by atoms with Gasteiger partial charge in [0.15, 0.2) is 23.3 Å². The third-order valence-electron chi connectivity index (χ3n) is 8.53. The van der Waals surface area contributed by atoms with Gasteiger partial charge >= 0.3 is 6.09 Å². The molecule has 0 fully saturated rings. The Morgan fingerprint density at radius 1 is 0.940 bits per heavy atom. The molecule has 0 radical (unpaired) electrons. The summed E-state index contributed by atoms with van der Waals surface area (Å²) in [5, 5.41) is 12.1. The van der Waals surface area contributed by atoms with Crippen LogP contribution >= 0.6 is 0 Å². The van der Waals surface area contributed by atoms with Gasteiger partial charge in [-0.25, -0.2) is 18.7 Å². The van der Waals surface area contributed by atoms with Crippen LogP contribution in [0.4, 0.5) is 4.79 Å². The Labute approximate surface area is 287 Å². The van der Waals surface area contributed by atoms with Crippen LogP contribution in [0.3, 0.4) is 0 Å². The summed E-state index contributed by atoms with van der Waals surface area (Å²) in [4.78, 5) is 39.5. The SMILES string of the molecule is COc1ccc(S(=O)(=O)N(Cc2ccc3c(c2)OCO3)[C@@H](C(=O)NO)C(=O)C(N)CNC(=O)OCC2c3ccccc3-c3ccccc32)cc1. The minimum atomic E-state index is -4.62. The number of Topliss-reactive ketones (excluding diaryl/α,β-unsaturated/α-hetero) is 1. The van der Waals surface area contributed by atoms with Crippen molar-refractivity contribution in [2.24, 2.45) is 5.73 Å². The number of nitrogens with two attached hydrogens (primary N) is 1. The second kappa shape index (κ2) is 14.6. The molecule has 50 heavy (non-hydrogen) atoms. The molecular formula is C35H34N4O10S. The van der Waals surface area contributed by atoms with Gasteiger partial charge in [-0.2, -0.15) is 4.31 Å². The van der Waals surface area contributed by atoms with E-state index in [0.717, 1.165) is 22.3 Å². The summed E-state index contributed by atoms with van der Waals surface area (Å²) in [6, 6.07) is 21.8. The molecule has 1 heterocycles. The van der Waals surface area contributed by atoms with Crippen LogP contribution in [0.25, 0.3) is 11.1 Å². The number of fused-ring (bicyclic) bond motifs is 4. The number of sulfonamides is 1. The quantitative estimate of drug-likeness (QED) is 0.0909. The van der Waals surface area contributed by atoms with E-state index < -0.39 is 53.0 Å². The van der Waals surface area contributed by atoms with E-state index in [4.69, 9.17) is 24.7 Å². The number of methoxy groups -OCH3 is 1. The van der Waals surface area contributed by atoms with Gasteiger partial charge in [-0.15, -0.1) is 0 Å². The van der Waals surface area contributed by atoms with Gasteiger partial charge in [-0.3, -0.25) is 14.8 Å². The van der Waals surface area contributed by atoms with Crippen LogP contribution in [-0.2, 0) is 30.9 Å². The summed E-state index contributed by atoms with van der Waals surface area (Å²) in [5.41, 5.74) is 12.0. The number of carbonyl (C=O) groups is 3. The molecule has 260 valence electrons. The molecule has 4 aromatic rings. The number of hydrogen-bond donors (Lipinski definition) is 4. The van der Waals surface area contributed by atoms with Gasteiger partial charge in [0.25, 0.3) is 5.91 Å². The number of benzene rings is 4. The van der Waals surface area contributed by atoms with Gasteiger partial charge in [-0.05, 0) is 64.2 Å². The van der Waals surface area contributed by atoms with Crippen LogP contribution in [-0.4, -0.2) is 74.9 Å². The fraction of sp³-hybridized carbons (Fsp3) is 0.229. The molecule has 2 amide bonds. The van der Waals surface area contributed by atoms with E-state index in [-0.39, 0.29) is 24.2 Å². The Morgan fingerprint density at radius 3 is 2.22 bits per heavy atom. The Balaban J connectivity index is 1.20. The van der Waals surface area contributed by atoms with E-state index in [9.17, 15) is 28.0 Å². The number of amides is 2. The highest BCUT2D eigenvalue weighted by Gasteiger charge is 2.43. The molecule has 1 aliphatic carbocycles. The fourth-order valence-electron chi connectivity index (χ4n) is 6.03. The smallest absolute Gasteiger partial charge is 0.407 e. The number of nitrogens with zero attached hydrogens (tertiary/aromatic N) is 1. The Morgan fingerprint density at radius 2 is 1.58 bits per heavy atom. The minimum Gasteiger partial charge on any atom is -0.497 e. The maximum absolute atomic E-state index is 14.1. The van der Waals surface area contributed by atoms with Crippen LogP contribution in [0.15, 0.2) is 95.9 Å². The third-order valence-corrected chi connectivity index (χ3v) is 10.4. The average Bonchev–Trinajstić information content (AvgIpc) is 3.74. The predicted octanol–water partition coefficient (Wildman–Crippen LogP) is 2.92. The predicted molar refractivity (Wildman–Crippen MR) is 178 cm³/mol. The molecule has 0 saturated carbocycles. The van der Waals surface area contributed by atoms with Crippen LogP contribution in [0.1, 0.15) is 22.6 Å². The first-order valence-corrected chi connectivity index (χ1v) is 16.9. The highest BCUT2D eigenvalue weighted by atomic mass is 32.2. The first kappa shape index (κ1) is 34.4. The molecule has 0 bridgehead atoms. The van der Waals surface area contributed by atoms with Crippen molar-refractivity contribution >= 4 is 27.8 Å². The van der Waals surface area contributed by atoms with Crippen molar-refractivity contribution in [1.82, 2.24) is 15.1 Å². The van der Waals surface area contributed by atoms with Crippen LogP contribution < -0.4 is 30.7 Å². The molecule has 1 unspecified atom stereocenters. The molecule has 0 saturated heterocycles. The summed E-state index contributed by atoms with van der Waals surface area (Å²) in [6.45, 7) is -1.05. The van der Waals surface area contributed by atoms with Crippen LogP contribution in [0, 0.1) is 0 Å². The Bertz CT molecular complexity index is 1980. The van der Waals surface area contributed by atoms with Crippen molar-refractivity contribution in [2.75, 3.05) is 27.1 Å². The second-order valence-electron chi connectivity index (χ2n) is 11.5. The topological polar surface area (TPSA) is 196 Å². The number of nitrogens with one attached hydrogen (secondary N) is 2. The molecule has 4 aromatic carbocycles. The summed E-state index contributed by atoms with van der Waals surface area (Å²) >= 11 is 0. The zero-order chi connectivity index (χ0) is 35.4. The number of alkyl carbamates (subject to hydrolysis) is 1. The number of hydrogen-bond acceptors (Lipinski definition) is 11. The van der Waals surface area contributed by atoms with Crippen LogP contribution in [0.5, 0.6) is 17.2 Å². The molecule has 14 nitrogen and oxygen atoms in total. The highest BCUT2D eigenvalue weighted by molar-refractivity contribution is 7.89. The van der Waals surface area contributed by atoms with Gasteiger partial charge in [0.1, 0.15) is 12.4 Å². The Hall–Kier alpha value is -5.48. The molecule has 1 aliphatic heterocycles. The number of carbonyl (C=O) groups excluding carboxylic acids is 3. The number of hydroxylamine groups is 1. The first-order valence-electron chi connectivity index (χ1n) is 15.5. The number of ether oxygens (including phenoxy) is 4. The van der Waals surface area contributed by atoms with Crippen molar-refractivity contribution in [2.45, 2.75) is 29.4 Å². The van der Waals surface area contributed by atoms with E-state index in [1.807, 2.05) is 48.5 Å². The lowest BCUT2D eigenvalue weighted by molar-refractivity contribution is -0.140. The van der Waals surface area contributed by atoms with Crippen molar-refractivity contribution in [3.63, 3.8) is 0 Å². The van der Waals surface area contributed by atoms with Gasteiger partial charge in [0.2, 0.25) is 16.8 Å². The maximum Gasteiger partial charge on any atom is 0.407 e. The van der Waals surface area contributed by atoms with E-state index in [0.29, 0.717) is 27.1 Å². The molecule has 5 N–H and O–H groups in total. The molecule has 2 aliphatic rings. The summed E-state index contributed by atoms with van der Waals surface area (Å²) in [5.74, 6) is -1.54. The maximum atomic E-state index is 14.1. The lowest BCUT2D eigenvalue weighted by Gasteiger charge is -2.30. The minimum absolute atomic E-state index is 0.00199. The van der Waals surface area contributed by atoms with Crippen molar-refractivity contribution in [3.05, 3.63) is 108 Å². The molecule has 2 atom stereocenters. The molecular weight excluding hydrogens is 668 g/mol. The fourth-order valence-corrected chi connectivity index (χ4v) is 7.57. The second-order valence-corrected chi connectivity index (χ2v) is 13.4. The van der Waals surface area contributed by atoms with Crippen molar-refractivity contribution < 1.29 is 47.0 Å². The van der Waals surface area contributed by atoms with E-state index in [1.54, 1.807) is 12.1 Å². The lowest BCUT2D eigenvalue weighted by Crippen LogP contribution is -2.58. The zero-order valence-corrected chi connectivity index (χ0v) is 27.6. The Kier molecular flexibility index (Phi) is 10.0. The highest BCUT2D eigenvalue weighted by Crippen LogP contribution is 2.44.